The molecule has 2 atom stereocenters. The number of hydrogen-bond donors (Lipinski definition) is 2. The Morgan fingerprint density at radius 1 is 1.43 bits per heavy atom. The molecule has 1 aromatic heterocycles. The van der Waals surface area contributed by atoms with Gasteiger partial charge in [-0.3, -0.25) is 4.90 Å². The number of nitrogens with one attached hydrogen (secondary N) is 2. The molecule has 1 aliphatic heterocycles. The van der Waals surface area contributed by atoms with Crippen LogP contribution in [0, 0.1) is 6.92 Å². The van der Waals surface area contributed by atoms with Gasteiger partial charge in [-0.1, -0.05) is 19.8 Å². The summed E-state index contributed by atoms with van der Waals surface area (Å²) >= 11 is 1.71. The van der Waals surface area contributed by atoms with Gasteiger partial charge in [0.25, 0.3) is 0 Å². The van der Waals surface area contributed by atoms with E-state index in [0.29, 0.717) is 12.6 Å². The topological polar surface area (TPSA) is 57.3 Å². The third-order valence-corrected chi connectivity index (χ3v) is 6.17. The average Bonchev–Trinajstić information content (AvgIpc) is 3.25. The number of hydrogen-bond acceptors (Lipinski definition) is 4. The lowest BCUT2D eigenvalue weighted by molar-refractivity contribution is 0.227. The first kappa shape index (κ1) is 16.7. The van der Waals surface area contributed by atoms with Crippen molar-refractivity contribution < 1.29 is 4.79 Å². The van der Waals surface area contributed by atoms with Crippen molar-refractivity contribution in [3.63, 3.8) is 0 Å². The number of urea groups is 1. The predicted molar refractivity (Wildman–Crippen MR) is 94.0 cm³/mol. The molecular weight excluding hydrogens is 308 g/mol. The van der Waals surface area contributed by atoms with E-state index in [9.17, 15) is 4.79 Å². The van der Waals surface area contributed by atoms with Gasteiger partial charge in [-0.2, -0.15) is 0 Å². The van der Waals surface area contributed by atoms with Gasteiger partial charge in [0.1, 0.15) is 0 Å². The summed E-state index contributed by atoms with van der Waals surface area (Å²) in [6, 6.07) is 1.02. The highest BCUT2D eigenvalue weighted by Gasteiger charge is 2.30. The molecule has 1 saturated carbocycles. The van der Waals surface area contributed by atoms with Crippen LogP contribution in [0.1, 0.15) is 54.8 Å². The summed E-state index contributed by atoms with van der Waals surface area (Å²) in [5.74, 6) is 0.262. The summed E-state index contributed by atoms with van der Waals surface area (Å²) in [5, 5.41) is 7.23. The third-order valence-electron chi connectivity index (χ3n) is 5.03. The van der Waals surface area contributed by atoms with Gasteiger partial charge in [-0.25, -0.2) is 9.78 Å². The van der Waals surface area contributed by atoms with Gasteiger partial charge in [0.15, 0.2) is 0 Å². The van der Waals surface area contributed by atoms with Gasteiger partial charge in [-0.15, -0.1) is 11.3 Å². The van der Waals surface area contributed by atoms with E-state index >= 15 is 0 Å². The van der Waals surface area contributed by atoms with E-state index in [-0.39, 0.29) is 11.9 Å². The van der Waals surface area contributed by atoms with Crippen molar-refractivity contribution in [2.45, 2.75) is 64.0 Å². The number of likely N-dealkylation sites (tertiary alicyclic amines) is 1. The molecule has 0 spiro atoms. The number of amides is 2. The monoisotopic (exact) mass is 336 g/mol. The molecular formula is C17H28N4OS. The molecule has 0 radical (unpaired) electrons. The van der Waals surface area contributed by atoms with Crippen molar-refractivity contribution in [1.29, 1.82) is 0 Å². The first-order valence-corrected chi connectivity index (χ1v) is 9.64. The molecule has 23 heavy (non-hydrogen) atoms. The summed E-state index contributed by atoms with van der Waals surface area (Å²) in [6.07, 6.45) is 8.38. The van der Waals surface area contributed by atoms with Gasteiger partial charge in [0, 0.05) is 48.7 Å². The van der Waals surface area contributed by atoms with Gasteiger partial charge < -0.3 is 10.6 Å². The normalized spacial score (nSPS) is 24.0. The van der Waals surface area contributed by atoms with E-state index < -0.39 is 0 Å². The number of thiazole rings is 1. The fraction of sp³-hybridized carbons (Fsp3) is 0.765. The molecule has 3 rings (SSSR count). The van der Waals surface area contributed by atoms with E-state index in [2.05, 4.69) is 34.4 Å². The quantitative estimate of drug-likeness (QED) is 0.869. The Morgan fingerprint density at radius 2 is 2.22 bits per heavy atom. The minimum Gasteiger partial charge on any atom is -0.337 e. The van der Waals surface area contributed by atoms with Gasteiger partial charge >= 0.3 is 6.03 Å². The van der Waals surface area contributed by atoms with E-state index in [0.717, 1.165) is 30.6 Å². The van der Waals surface area contributed by atoms with Crippen molar-refractivity contribution in [2.75, 3.05) is 19.6 Å². The molecule has 2 heterocycles. The Morgan fingerprint density at radius 3 is 2.91 bits per heavy atom. The van der Waals surface area contributed by atoms with Crippen LogP contribution in [0.15, 0.2) is 6.20 Å². The van der Waals surface area contributed by atoms with Crippen LogP contribution in [0.2, 0.25) is 0 Å². The van der Waals surface area contributed by atoms with E-state index in [1.807, 2.05) is 6.20 Å². The van der Waals surface area contributed by atoms with Crippen LogP contribution in [0.3, 0.4) is 0 Å². The second kappa shape index (κ2) is 7.62. The zero-order valence-electron chi connectivity index (χ0n) is 14.2. The van der Waals surface area contributed by atoms with Crippen LogP contribution in [0.25, 0.3) is 0 Å². The van der Waals surface area contributed by atoms with Crippen LogP contribution >= 0.6 is 11.3 Å². The summed E-state index contributed by atoms with van der Waals surface area (Å²) in [4.78, 5) is 20.3. The summed E-state index contributed by atoms with van der Waals surface area (Å²) in [5.41, 5.74) is 0. The van der Waals surface area contributed by atoms with Crippen LogP contribution in [0.4, 0.5) is 4.79 Å². The highest BCUT2D eigenvalue weighted by Crippen LogP contribution is 2.26. The van der Waals surface area contributed by atoms with E-state index in [1.165, 1.54) is 30.6 Å². The molecule has 0 bridgehead atoms. The number of aromatic nitrogens is 1. The van der Waals surface area contributed by atoms with Crippen molar-refractivity contribution in [3.8, 4) is 0 Å². The minimum atomic E-state index is -0.0385. The van der Waals surface area contributed by atoms with Crippen molar-refractivity contribution in [1.82, 2.24) is 20.5 Å². The summed E-state index contributed by atoms with van der Waals surface area (Å²) in [7, 11) is 0. The SMILES string of the molecule is Cc1cnc(C(C)CNC(=O)NC2CCN(C3CCCC3)C2)s1. The molecule has 1 saturated heterocycles. The standard InChI is InChI=1S/C17H28N4OS/c1-12(16-18-10-13(2)23-16)9-19-17(22)20-14-7-8-21(11-14)15-5-3-4-6-15/h10,12,14-15H,3-9,11H2,1-2H3,(H2,19,20,22). The zero-order valence-corrected chi connectivity index (χ0v) is 15.0. The summed E-state index contributed by atoms with van der Waals surface area (Å²) in [6.45, 7) is 6.95. The number of carbonyl (C=O) groups excluding carboxylic acids is 1. The van der Waals surface area contributed by atoms with Crippen molar-refractivity contribution in [3.05, 3.63) is 16.1 Å². The minimum absolute atomic E-state index is 0.0385. The molecule has 2 amide bonds. The smallest absolute Gasteiger partial charge is 0.315 e. The summed E-state index contributed by atoms with van der Waals surface area (Å²) < 4.78 is 0. The highest BCUT2D eigenvalue weighted by molar-refractivity contribution is 7.11. The van der Waals surface area contributed by atoms with Crippen LogP contribution in [0.5, 0.6) is 0 Å². The zero-order chi connectivity index (χ0) is 16.2. The van der Waals surface area contributed by atoms with Crippen LogP contribution in [-0.4, -0.2) is 47.6 Å². The fourth-order valence-electron chi connectivity index (χ4n) is 3.68. The molecule has 0 aromatic carbocycles. The second-order valence-electron chi connectivity index (χ2n) is 6.98. The largest absolute Gasteiger partial charge is 0.337 e. The Bertz CT molecular complexity index is 526. The van der Waals surface area contributed by atoms with Crippen molar-refractivity contribution >= 4 is 17.4 Å². The van der Waals surface area contributed by atoms with Gasteiger partial charge in [0.2, 0.25) is 0 Å². The maximum absolute atomic E-state index is 12.1. The molecule has 2 unspecified atom stereocenters. The molecule has 1 aliphatic carbocycles. The molecule has 2 fully saturated rings. The number of nitrogens with zero attached hydrogens (tertiary/aromatic N) is 2. The molecule has 2 N–H and O–H groups in total. The van der Waals surface area contributed by atoms with Gasteiger partial charge in [-0.05, 0) is 26.2 Å². The fourth-order valence-corrected chi connectivity index (χ4v) is 4.50. The highest BCUT2D eigenvalue weighted by atomic mass is 32.1. The maximum atomic E-state index is 12.1. The molecule has 5 nitrogen and oxygen atoms in total. The number of aryl methyl sites for hydroxylation is 1. The Hall–Kier alpha value is -1.14. The molecule has 1 aromatic rings. The van der Waals surface area contributed by atoms with Crippen LogP contribution < -0.4 is 10.6 Å². The van der Waals surface area contributed by atoms with Crippen LogP contribution in [-0.2, 0) is 0 Å². The Kier molecular flexibility index (Phi) is 5.54. The number of rotatable bonds is 5. The molecule has 6 heteroatoms. The van der Waals surface area contributed by atoms with Crippen molar-refractivity contribution in [2.24, 2.45) is 0 Å². The lowest BCUT2D eigenvalue weighted by Crippen LogP contribution is -2.45. The number of carbonyl (C=O) groups is 1. The third kappa shape index (κ3) is 4.44. The maximum Gasteiger partial charge on any atom is 0.315 e. The van der Waals surface area contributed by atoms with E-state index in [1.54, 1.807) is 11.3 Å². The first-order chi connectivity index (χ1) is 11.1. The lowest BCUT2D eigenvalue weighted by Gasteiger charge is -2.23. The second-order valence-corrected chi connectivity index (χ2v) is 8.25. The predicted octanol–water partition coefficient (Wildman–Crippen LogP) is 2.87. The first-order valence-electron chi connectivity index (χ1n) is 8.82. The Labute approximate surface area is 142 Å². The Balaban J connectivity index is 1.38. The van der Waals surface area contributed by atoms with Gasteiger partial charge in [0.05, 0.1) is 5.01 Å². The molecule has 2 aliphatic rings. The average molecular weight is 337 g/mol. The molecule has 128 valence electrons. The van der Waals surface area contributed by atoms with E-state index in [4.69, 9.17) is 0 Å². The lowest BCUT2D eigenvalue weighted by atomic mass is 10.2.